The van der Waals surface area contributed by atoms with Gasteiger partial charge in [0, 0.05) is 23.9 Å². The molecule has 0 saturated heterocycles. The van der Waals surface area contributed by atoms with Crippen molar-refractivity contribution in [3.8, 4) is 6.19 Å². The summed E-state index contributed by atoms with van der Waals surface area (Å²) in [5, 5.41) is 13.8. The van der Waals surface area contributed by atoms with Gasteiger partial charge in [0.1, 0.15) is 5.10 Å². The molecular formula is C30H26N6O4S4. The SMILES string of the molecule is [C-]#[N+]N=c1sc2c3c4c(c5sc(=NC#N)sc5c5c4c(c2s1)C(=O)N(CCCCCC)C5=O)C(=O)N(CCCCCC)C3=O. The fraction of sp³-hybridized carbons (Fsp3) is 0.400. The molecule has 0 aliphatic carbocycles. The second-order valence-electron chi connectivity index (χ2n) is 10.6. The third-order valence-corrected chi connectivity index (χ3v) is 12.7. The van der Waals surface area contributed by atoms with E-state index in [0.29, 0.717) is 50.4 Å². The summed E-state index contributed by atoms with van der Waals surface area (Å²) in [6.07, 6.45) is 8.75. The van der Waals surface area contributed by atoms with Crippen molar-refractivity contribution in [3.05, 3.63) is 41.7 Å². The lowest BCUT2D eigenvalue weighted by Gasteiger charge is -2.33. The maximum Gasteiger partial charge on any atom is 0.262 e. The number of fused-ring (bicyclic) bond motifs is 6. The Morgan fingerprint density at radius 3 is 1.39 bits per heavy atom. The summed E-state index contributed by atoms with van der Waals surface area (Å²) in [7, 11) is 0. The van der Waals surface area contributed by atoms with Crippen molar-refractivity contribution in [2.45, 2.75) is 65.2 Å². The molecule has 4 amide bonds. The maximum absolute atomic E-state index is 14.3. The second kappa shape index (κ2) is 12.3. The van der Waals surface area contributed by atoms with Gasteiger partial charge >= 0.3 is 0 Å². The zero-order valence-electron chi connectivity index (χ0n) is 24.0. The van der Waals surface area contributed by atoms with Gasteiger partial charge < -0.3 is 0 Å². The third-order valence-electron chi connectivity index (χ3n) is 7.91. The van der Waals surface area contributed by atoms with Gasteiger partial charge in [0.15, 0.2) is 3.98 Å². The van der Waals surface area contributed by atoms with Crippen molar-refractivity contribution in [2.75, 3.05) is 13.1 Å². The van der Waals surface area contributed by atoms with Crippen molar-refractivity contribution < 1.29 is 19.2 Å². The van der Waals surface area contributed by atoms with Crippen molar-refractivity contribution in [2.24, 2.45) is 10.1 Å². The van der Waals surface area contributed by atoms with E-state index in [2.05, 4.69) is 28.9 Å². The van der Waals surface area contributed by atoms with Gasteiger partial charge in [-0.3, -0.25) is 29.0 Å². The van der Waals surface area contributed by atoms with Gasteiger partial charge in [0.25, 0.3) is 27.6 Å². The van der Waals surface area contributed by atoms with Crippen LogP contribution in [0.3, 0.4) is 0 Å². The van der Waals surface area contributed by atoms with Crippen LogP contribution in [0.5, 0.6) is 0 Å². The molecule has 4 aromatic rings. The lowest BCUT2D eigenvalue weighted by molar-refractivity contribution is 0.0590. The molecule has 2 aromatic heterocycles. The average Bonchev–Trinajstić information content (AvgIpc) is 3.61. The van der Waals surface area contributed by atoms with E-state index in [1.165, 1.54) is 9.80 Å². The second-order valence-corrected chi connectivity index (χ2v) is 15.1. The number of imide groups is 2. The number of amides is 4. The van der Waals surface area contributed by atoms with Gasteiger partial charge in [-0.1, -0.05) is 75.0 Å². The quantitative estimate of drug-likeness (QED) is 0.0603. The monoisotopic (exact) mass is 662 g/mol. The van der Waals surface area contributed by atoms with E-state index in [1.807, 2.05) is 0 Å². The molecule has 2 aliphatic heterocycles. The molecule has 10 nitrogen and oxygen atoms in total. The van der Waals surface area contributed by atoms with Crippen LogP contribution in [0.1, 0.15) is 107 Å². The largest absolute Gasteiger partial charge is 0.274 e. The molecule has 0 bridgehead atoms. The van der Waals surface area contributed by atoms with Crippen LogP contribution in [0.4, 0.5) is 0 Å². The Bertz CT molecular complexity index is 1870. The number of nitriles is 1. The topological polar surface area (TPSA) is 128 Å². The van der Waals surface area contributed by atoms with Gasteiger partial charge in [-0.25, -0.2) is 0 Å². The minimum absolute atomic E-state index is 0.229. The van der Waals surface area contributed by atoms with Gasteiger partial charge in [-0.15, -0.1) is 27.6 Å². The van der Waals surface area contributed by atoms with Crippen LogP contribution in [-0.4, -0.2) is 46.5 Å². The van der Waals surface area contributed by atoms with Crippen LogP contribution in [-0.2, 0) is 0 Å². The first-order chi connectivity index (χ1) is 21.4. The zero-order valence-corrected chi connectivity index (χ0v) is 27.3. The summed E-state index contributed by atoms with van der Waals surface area (Å²) in [4.78, 5) is 66.6. The predicted molar refractivity (Wildman–Crippen MR) is 173 cm³/mol. The van der Waals surface area contributed by atoms with E-state index in [9.17, 15) is 24.4 Å². The molecule has 0 N–H and O–H groups in total. The molecule has 0 fully saturated rings. The zero-order chi connectivity index (χ0) is 31.1. The van der Waals surface area contributed by atoms with E-state index >= 15 is 0 Å². The lowest BCUT2D eigenvalue weighted by Crippen LogP contribution is -2.44. The van der Waals surface area contributed by atoms with Crippen LogP contribution in [0.25, 0.3) is 34.5 Å². The molecular weight excluding hydrogens is 637 g/mol. The minimum Gasteiger partial charge on any atom is -0.274 e. The molecule has 2 aromatic carbocycles. The highest BCUT2D eigenvalue weighted by atomic mass is 32.2. The molecule has 0 saturated carbocycles. The highest BCUT2D eigenvalue weighted by Crippen LogP contribution is 2.49. The Labute approximate surface area is 268 Å². The van der Waals surface area contributed by atoms with E-state index in [1.54, 1.807) is 6.19 Å². The van der Waals surface area contributed by atoms with Crippen molar-refractivity contribution >= 4 is 98.5 Å². The Balaban J connectivity index is 1.74. The number of carbonyl (C=O) groups is 4. The van der Waals surface area contributed by atoms with Crippen molar-refractivity contribution in [1.82, 2.24) is 9.80 Å². The molecule has 2 aliphatic rings. The number of hydrogen-bond donors (Lipinski definition) is 0. The molecule has 0 spiro atoms. The number of rotatable bonds is 10. The first-order valence-corrected chi connectivity index (χ1v) is 17.7. The van der Waals surface area contributed by atoms with E-state index in [4.69, 9.17) is 6.57 Å². The van der Waals surface area contributed by atoms with Crippen LogP contribution < -0.4 is 7.97 Å². The Morgan fingerprint density at radius 2 is 1.05 bits per heavy atom. The van der Waals surface area contributed by atoms with Crippen LogP contribution in [0.15, 0.2) is 10.1 Å². The smallest absolute Gasteiger partial charge is 0.262 e. The van der Waals surface area contributed by atoms with Crippen LogP contribution in [0, 0.1) is 18.0 Å². The van der Waals surface area contributed by atoms with E-state index in [-0.39, 0.29) is 35.3 Å². The molecule has 0 unspecified atom stereocenters. The molecule has 14 heteroatoms. The summed E-state index contributed by atoms with van der Waals surface area (Å²) in [6.45, 7) is 11.9. The minimum atomic E-state index is -0.480. The Kier molecular flexibility index (Phi) is 8.44. The molecule has 224 valence electrons. The fourth-order valence-corrected chi connectivity index (χ4v) is 10.8. The average molecular weight is 663 g/mol. The standard InChI is InChI=1S/C30H26N6O4S4/c1-4-6-8-10-12-35-25(37)17-15-16-18(22-21(17)41-29(42-22)33-14-31)26(38)36(13-11-9-7-5-2)28(40)20(16)24-23(19(15)27(35)39)43-30(44-24)34-32-3/h4-13H2,1-2H3. The summed E-state index contributed by atoms with van der Waals surface area (Å²) < 4.78 is 2.67. The highest BCUT2D eigenvalue weighted by Gasteiger charge is 2.44. The van der Waals surface area contributed by atoms with Gasteiger partial charge in [-0.05, 0) is 12.8 Å². The fourth-order valence-electron chi connectivity index (χ4n) is 5.95. The van der Waals surface area contributed by atoms with Crippen LogP contribution >= 0.6 is 45.3 Å². The highest BCUT2D eigenvalue weighted by molar-refractivity contribution is 7.37. The van der Waals surface area contributed by atoms with E-state index < -0.39 is 23.6 Å². The van der Waals surface area contributed by atoms with Crippen molar-refractivity contribution in [3.63, 3.8) is 0 Å². The summed E-state index contributed by atoms with van der Waals surface area (Å²) in [5.41, 5.74) is 1.03. The molecule has 44 heavy (non-hydrogen) atoms. The maximum atomic E-state index is 14.3. The van der Waals surface area contributed by atoms with Crippen LogP contribution in [0.2, 0.25) is 0 Å². The number of benzene rings is 2. The Hall–Kier alpha value is -3.82. The van der Waals surface area contributed by atoms with E-state index in [0.717, 1.165) is 83.9 Å². The number of hydrogen-bond acceptors (Lipinski definition) is 11. The summed E-state index contributed by atoms with van der Waals surface area (Å²) in [5.74, 6) is -1.92. The normalized spacial score (nSPS) is 14.2. The predicted octanol–water partition coefficient (Wildman–Crippen LogP) is 6.86. The Morgan fingerprint density at radius 1 is 0.659 bits per heavy atom. The third kappa shape index (κ3) is 4.68. The number of nitrogens with zero attached hydrogens (tertiary/aromatic N) is 6. The molecule has 4 heterocycles. The van der Waals surface area contributed by atoms with Gasteiger partial charge in [-0.2, -0.15) is 16.8 Å². The first-order valence-electron chi connectivity index (χ1n) is 14.5. The molecule has 6 rings (SSSR count). The van der Waals surface area contributed by atoms with Gasteiger partial charge in [0.05, 0.1) is 41.1 Å². The number of unbranched alkanes of at least 4 members (excludes halogenated alkanes) is 6. The molecule has 0 atom stereocenters. The molecule has 0 radical (unpaired) electrons. The lowest BCUT2D eigenvalue weighted by atomic mass is 9.85. The summed E-state index contributed by atoms with van der Waals surface area (Å²) in [6, 6.07) is 0. The summed E-state index contributed by atoms with van der Waals surface area (Å²) >= 11 is 4.57. The number of carbonyl (C=O) groups excluding carboxylic acids is 4. The van der Waals surface area contributed by atoms with Crippen molar-refractivity contribution in [1.29, 1.82) is 5.26 Å². The first kappa shape index (κ1) is 30.2. The van der Waals surface area contributed by atoms with Gasteiger partial charge in [0.2, 0.25) is 6.19 Å².